The Kier molecular flexibility index (Phi) is 5.41. The Morgan fingerprint density at radius 1 is 1.41 bits per heavy atom. The predicted molar refractivity (Wildman–Crippen MR) is 106 cm³/mol. The SMILES string of the molecule is CNc1cnn2ccc(N3CCCC3c3cc(F)cnc3OCCNC=O)nc12. The molecule has 0 aliphatic carbocycles. The Hall–Kier alpha value is -3.43. The van der Waals surface area contributed by atoms with E-state index in [1.165, 1.54) is 6.07 Å². The number of carbonyl (C=O) groups excluding carboxylic acids is 1. The molecule has 1 aliphatic rings. The van der Waals surface area contributed by atoms with E-state index in [4.69, 9.17) is 9.72 Å². The van der Waals surface area contributed by atoms with Crippen LogP contribution in [0.25, 0.3) is 5.65 Å². The molecule has 0 spiro atoms. The van der Waals surface area contributed by atoms with Crippen LogP contribution in [0, 0.1) is 5.82 Å². The number of pyridine rings is 1. The van der Waals surface area contributed by atoms with E-state index in [-0.39, 0.29) is 12.6 Å². The standard InChI is InChI=1S/C19H22FN7O2/c1-21-15-11-24-27-7-4-17(25-18(15)27)26-6-2-3-16(26)14-9-13(20)10-23-19(14)29-8-5-22-12-28/h4,7,9-12,16,21H,2-3,5-6,8H2,1H3,(H,22,28). The van der Waals surface area contributed by atoms with Gasteiger partial charge in [0.2, 0.25) is 12.3 Å². The predicted octanol–water partition coefficient (Wildman–Crippen LogP) is 1.77. The topological polar surface area (TPSA) is 96.7 Å². The summed E-state index contributed by atoms with van der Waals surface area (Å²) >= 11 is 0. The lowest BCUT2D eigenvalue weighted by Crippen LogP contribution is -2.25. The molecule has 9 nitrogen and oxygen atoms in total. The van der Waals surface area contributed by atoms with E-state index in [1.807, 2.05) is 19.3 Å². The van der Waals surface area contributed by atoms with Crippen LogP contribution in [-0.2, 0) is 4.79 Å². The van der Waals surface area contributed by atoms with Crippen molar-refractivity contribution < 1.29 is 13.9 Å². The Bertz CT molecular complexity index is 1010. The van der Waals surface area contributed by atoms with Crippen molar-refractivity contribution in [2.24, 2.45) is 0 Å². The number of amides is 1. The zero-order valence-corrected chi connectivity index (χ0v) is 16.0. The monoisotopic (exact) mass is 399 g/mol. The minimum absolute atomic E-state index is 0.108. The van der Waals surface area contributed by atoms with E-state index >= 15 is 0 Å². The van der Waals surface area contributed by atoms with E-state index in [2.05, 4.69) is 25.6 Å². The second-order valence-corrected chi connectivity index (χ2v) is 6.68. The van der Waals surface area contributed by atoms with Gasteiger partial charge in [-0.05, 0) is 25.0 Å². The van der Waals surface area contributed by atoms with Crippen molar-refractivity contribution in [3.8, 4) is 5.88 Å². The van der Waals surface area contributed by atoms with Crippen LogP contribution in [-0.4, -0.2) is 52.7 Å². The van der Waals surface area contributed by atoms with E-state index in [0.717, 1.165) is 42.7 Å². The molecule has 3 aromatic heterocycles. The van der Waals surface area contributed by atoms with Crippen molar-refractivity contribution in [3.63, 3.8) is 0 Å². The fourth-order valence-corrected chi connectivity index (χ4v) is 3.63. The van der Waals surface area contributed by atoms with Crippen LogP contribution in [0.3, 0.4) is 0 Å². The molecule has 2 N–H and O–H groups in total. The van der Waals surface area contributed by atoms with Crippen LogP contribution in [0.4, 0.5) is 15.9 Å². The molecule has 0 saturated carbocycles. The maximum atomic E-state index is 14.0. The highest BCUT2D eigenvalue weighted by Gasteiger charge is 2.31. The Balaban J connectivity index is 1.64. The lowest BCUT2D eigenvalue weighted by atomic mass is 10.1. The number of anilines is 2. The molecular weight excluding hydrogens is 377 g/mol. The number of hydrogen-bond acceptors (Lipinski definition) is 7. The van der Waals surface area contributed by atoms with Crippen molar-refractivity contribution in [1.29, 1.82) is 0 Å². The number of ether oxygens (including phenoxy) is 1. The summed E-state index contributed by atoms with van der Waals surface area (Å²) in [4.78, 5) is 21.4. The molecule has 1 fully saturated rings. The largest absolute Gasteiger partial charge is 0.476 e. The van der Waals surface area contributed by atoms with Gasteiger partial charge in [0.25, 0.3) is 0 Å². The molecular formula is C19H22FN7O2. The maximum Gasteiger partial charge on any atom is 0.218 e. The van der Waals surface area contributed by atoms with Crippen LogP contribution >= 0.6 is 0 Å². The zero-order valence-electron chi connectivity index (χ0n) is 16.0. The Labute approximate surface area is 166 Å². The first kappa shape index (κ1) is 18.9. The van der Waals surface area contributed by atoms with Crippen molar-refractivity contribution in [1.82, 2.24) is 24.9 Å². The van der Waals surface area contributed by atoms with Crippen molar-refractivity contribution >= 4 is 23.6 Å². The fourth-order valence-electron chi connectivity index (χ4n) is 3.63. The van der Waals surface area contributed by atoms with E-state index < -0.39 is 5.82 Å². The average Bonchev–Trinajstić information content (AvgIpc) is 3.38. The fraction of sp³-hybridized carbons (Fsp3) is 0.368. The number of aromatic nitrogens is 4. The van der Waals surface area contributed by atoms with Crippen LogP contribution in [0.2, 0.25) is 0 Å². The van der Waals surface area contributed by atoms with Gasteiger partial charge in [0.1, 0.15) is 18.2 Å². The molecule has 29 heavy (non-hydrogen) atoms. The van der Waals surface area contributed by atoms with Gasteiger partial charge in [0.15, 0.2) is 5.65 Å². The summed E-state index contributed by atoms with van der Waals surface area (Å²) in [5, 5.41) is 9.89. The van der Waals surface area contributed by atoms with Crippen LogP contribution in [0.5, 0.6) is 5.88 Å². The summed E-state index contributed by atoms with van der Waals surface area (Å²) in [6.45, 7) is 1.39. The summed E-state index contributed by atoms with van der Waals surface area (Å²) in [6, 6.07) is 3.26. The number of nitrogens with zero attached hydrogens (tertiary/aromatic N) is 5. The normalized spacial score (nSPS) is 16.2. The molecule has 0 radical (unpaired) electrons. The average molecular weight is 399 g/mol. The van der Waals surface area contributed by atoms with Gasteiger partial charge in [-0.1, -0.05) is 0 Å². The van der Waals surface area contributed by atoms with Crippen LogP contribution < -0.4 is 20.3 Å². The lowest BCUT2D eigenvalue weighted by molar-refractivity contribution is -0.109. The van der Waals surface area contributed by atoms with E-state index in [1.54, 1.807) is 10.7 Å². The summed E-state index contributed by atoms with van der Waals surface area (Å²) in [6.07, 6.45) is 7.11. The second kappa shape index (κ2) is 8.29. The molecule has 152 valence electrons. The zero-order chi connectivity index (χ0) is 20.2. The van der Waals surface area contributed by atoms with Crippen molar-refractivity contribution in [2.75, 3.05) is 37.0 Å². The quantitative estimate of drug-likeness (QED) is 0.440. The molecule has 10 heteroatoms. The number of halogens is 1. The highest BCUT2D eigenvalue weighted by molar-refractivity contribution is 5.68. The summed E-state index contributed by atoms with van der Waals surface area (Å²) < 4.78 is 21.4. The molecule has 4 heterocycles. The van der Waals surface area contributed by atoms with E-state index in [0.29, 0.717) is 24.4 Å². The molecule has 1 unspecified atom stereocenters. The third-order valence-electron chi connectivity index (χ3n) is 4.94. The summed E-state index contributed by atoms with van der Waals surface area (Å²) in [5.74, 6) is 0.745. The molecule has 0 aromatic carbocycles. The minimum atomic E-state index is -0.415. The maximum absolute atomic E-state index is 14.0. The van der Waals surface area contributed by atoms with Gasteiger partial charge in [0, 0.05) is 25.4 Å². The van der Waals surface area contributed by atoms with Gasteiger partial charge in [-0.2, -0.15) is 5.10 Å². The van der Waals surface area contributed by atoms with Gasteiger partial charge < -0.3 is 20.3 Å². The number of hydrogen-bond donors (Lipinski definition) is 2. The minimum Gasteiger partial charge on any atom is -0.476 e. The number of carbonyl (C=O) groups is 1. The van der Waals surface area contributed by atoms with Gasteiger partial charge in [-0.15, -0.1) is 0 Å². The molecule has 1 atom stereocenters. The first-order valence-electron chi connectivity index (χ1n) is 9.45. The molecule has 1 saturated heterocycles. The summed E-state index contributed by atoms with van der Waals surface area (Å²) in [7, 11) is 1.82. The van der Waals surface area contributed by atoms with Gasteiger partial charge in [0.05, 0.1) is 30.7 Å². The smallest absolute Gasteiger partial charge is 0.218 e. The second-order valence-electron chi connectivity index (χ2n) is 6.68. The first-order chi connectivity index (χ1) is 14.2. The van der Waals surface area contributed by atoms with E-state index in [9.17, 15) is 9.18 Å². The highest BCUT2D eigenvalue weighted by atomic mass is 19.1. The van der Waals surface area contributed by atoms with Crippen LogP contribution in [0.1, 0.15) is 24.4 Å². The highest BCUT2D eigenvalue weighted by Crippen LogP contribution is 2.39. The number of fused-ring (bicyclic) bond motifs is 1. The summed E-state index contributed by atoms with van der Waals surface area (Å²) in [5.41, 5.74) is 2.24. The third-order valence-corrected chi connectivity index (χ3v) is 4.94. The van der Waals surface area contributed by atoms with Gasteiger partial charge in [-0.25, -0.2) is 18.9 Å². The molecule has 4 rings (SSSR count). The van der Waals surface area contributed by atoms with Crippen molar-refractivity contribution in [2.45, 2.75) is 18.9 Å². The number of nitrogens with one attached hydrogen (secondary N) is 2. The molecule has 0 bridgehead atoms. The van der Waals surface area contributed by atoms with Gasteiger partial charge >= 0.3 is 0 Å². The number of rotatable bonds is 8. The molecule has 3 aromatic rings. The van der Waals surface area contributed by atoms with Crippen molar-refractivity contribution in [3.05, 3.63) is 42.1 Å². The Morgan fingerprint density at radius 2 is 2.31 bits per heavy atom. The van der Waals surface area contributed by atoms with Crippen LogP contribution in [0.15, 0.2) is 30.7 Å². The first-order valence-corrected chi connectivity index (χ1v) is 9.45. The van der Waals surface area contributed by atoms with Gasteiger partial charge in [-0.3, -0.25) is 4.79 Å². The molecule has 1 amide bonds. The Morgan fingerprint density at radius 3 is 3.14 bits per heavy atom. The lowest BCUT2D eigenvalue weighted by Gasteiger charge is -2.27. The molecule has 1 aliphatic heterocycles. The third kappa shape index (κ3) is 3.78.